The Morgan fingerprint density at radius 1 is 1.40 bits per heavy atom. The van der Waals surface area contributed by atoms with E-state index in [0.29, 0.717) is 0 Å². The minimum Gasteiger partial charge on any atom is -0.282 e. The second-order valence-corrected chi connectivity index (χ2v) is 3.36. The molecular formula is C2H4Cl2FO4P. The molecule has 0 amide bonds. The van der Waals surface area contributed by atoms with Crippen LogP contribution in [-0.4, -0.2) is 13.3 Å². The standard InChI is InChI=1S/C2H4Cl2FO4P/c3-8-10(6,9-4)7-2-1-5/h1-2H2. The highest BCUT2D eigenvalue weighted by Gasteiger charge is 2.26. The van der Waals surface area contributed by atoms with E-state index in [2.05, 4.69) is 36.4 Å². The SMILES string of the molecule is O=P(OCl)(OCl)OCCF. The van der Waals surface area contributed by atoms with Crippen LogP contribution in [0.25, 0.3) is 0 Å². The number of hydrogen-bond donors (Lipinski definition) is 0. The molecule has 10 heavy (non-hydrogen) atoms. The largest absolute Gasteiger partial charge is 0.507 e. The molecule has 4 nitrogen and oxygen atoms in total. The predicted molar refractivity (Wildman–Crippen MR) is 33.4 cm³/mol. The fourth-order valence-corrected chi connectivity index (χ4v) is 1.08. The summed E-state index contributed by atoms with van der Waals surface area (Å²) in [5.74, 6) is 0. The number of phosphoric acid groups is 1. The van der Waals surface area contributed by atoms with E-state index in [0.717, 1.165) is 0 Å². The third kappa shape index (κ3) is 3.71. The fourth-order valence-electron chi connectivity index (χ4n) is 0.197. The van der Waals surface area contributed by atoms with Crippen LogP contribution in [0.5, 0.6) is 0 Å². The zero-order valence-corrected chi connectivity index (χ0v) is 7.03. The van der Waals surface area contributed by atoms with Gasteiger partial charge in [-0.1, -0.05) is 0 Å². The van der Waals surface area contributed by atoms with E-state index in [9.17, 15) is 8.96 Å². The summed E-state index contributed by atoms with van der Waals surface area (Å²) >= 11 is 9.25. The summed E-state index contributed by atoms with van der Waals surface area (Å²) in [5, 5.41) is 0. The van der Waals surface area contributed by atoms with Crippen LogP contribution in [0.15, 0.2) is 0 Å². The molecule has 0 aromatic heterocycles. The Morgan fingerprint density at radius 3 is 2.20 bits per heavy atom. The van der Waals surface area contributed by atoms with Gasteiger partial charge in [0.15, 0.2) is 0 Å². The normalized spacial score (nSPS) is 11.9. The molecule has 62 valence electrons. The molecule has 0 aromatic rings. The van der Waals surface area contributed by atoms with Crippen molar-refractivity contribution in [2.45, 2.75) is 0 Å². The van der Waals surface area contributed by atoms with Gasteiger partial charge in [0.1, 0.15) is 6.67 Å². The first-order valence-corrected chi connectivity index (χ1v) is 4.17. The lowest BCUT2D eigenvalue weighted by Gasteiger charge is -2.06. The molecule has 0 N–H and O–H groups in total. The van der Waals surface area contributed by atoms with Gasteiger partial charge in [-0.15, -0.1) is 0 Å². The third-order valence-corrected chi connectivity index (χ3v) is 2.35. The molecule has 8 heteroatoms. The Morgan fingerprint density at radius 2 is 1.90 bits per heavy atom. The van der Waals surface area contributed by atoms with Crippen LogP contribution < -0.4 is 0 Å². The molecule has 0 spiro atoms. The lowest BCUT2D eigenvalue weighted by molar-refractivity contribution is 0.201. The van der Waals surface area contributed by atoms with Crippen molar-refractivity contribution in [2.24, 2.45) is 0 Å². The maximum atomic E-state index is 11.4. The molecule has 0 aromatic carbocycles. The highest BCUT2D eigenvalue weighted by atomic mass is 35.5. The van der Waals surface area contributed by atoms with Crippen molar-refractivity contribution in [3.8, 4) is 0 Å². The molecule has 0 heterocycles. The van der Waals surface area contributed by atoms with Crippen LogP contribution in [0, 0.1) is 0 Å². The highest BCUT2D eigenvalue weighted by Crippen LogP contribution is 2.51. The Bertz CT molecular complexity index is 124. The molecule has 0 aliphatic carbocycles. The molecule has 0 aliphatic heterocycles. The molecule has 0 atom stereocenters. The van der Waals surface area contributed by atoms with Crippen molar-refractivity contribution in [1.82, 2.24) is 0 Å². The summed E-state index contributed by atoms with van der Waals surface area (Å²) in [6.45, 7) is -1.28. The van der Waals surface area contributed by atoms with Gasteiger partial charge < -0.3 is 0 Å². The molecule has 0 unspecified atom stereocenters. The molecule has 0 rings (SSSR count). The Balaban J connectivity index is 3.70. The van der Waals surface area contributed by atoms with E-state index in [1.54, 1.807) is 0 Å². The minimum atomic E-state index is -3.91. The van der Waals surface area contributed by atoms with Crippen molar-refractivity contribution in [3.63, 3.8) is 0 Å². The Hall–Kier alpha value is 0.620. The van der Waals surface area contributed by atoms with Gasteiger partial charge in [0, 0.05) is 0 Å². The third-order valence-electron chi connectivity index (χ3n) is 0.496. The van der Waals surface area contributed by atoms with Crippen LogP contribution in [-0.2, 0) is 17.2 Å². The number of alkyl halides is 1. The predicted octanol–water partition coefficient (Wildman–Crippen LogP) is 2.42. The smallest absolute Gasteiger partial charge is 0.282 e. The van der Waals surface area contributed by atoms with Crippen molar-refractivity contribution >= 4 is 31.6 Å². The van der Waals surface area contributed by atoms with Crippen LogP contribution >= 0.6 is 31.6 Å². The highest BCUT2D eigenvalue weighted by molar-refractivity contribution is 7.50. The first kappa shape index (κ1) is 10.6. The summed E-state index contributed by atoms with van der Waals surface area (Å²) in [5.41, 5.74) is 0. The van der Waals surface area contributed by atoms with Crippen LogP contribution in [0.2, 0.25) is 0 Å². The van der Waals surface area contributed by atoms with Gasteiger partial charge in [0.2, 0.25) is 0 Å². The molecular weight excluding hydrogens is 209 g/mol. The van der Waals surface area contributed by atoms with Gasteiger partial charge in [-0.2, -0.15) is 8.15 Å². The van der Waals surface area contributed by atoms with Crippen molar-refractivity contribution in [3.05, 3.63) is 0 Å². The van der Waals surface area contributed by atoms with Gasteiger partial charge in [-0.25, -0.2) is 8.96 Å². The average molecular weight is 213 g/mol. The Kier molecular flexibility index (Phi) is 5.62. The first-order chi connectivity index (χ1) is 4.68. The summed E-state index contributed by atoms with van der Waals surface area (Å²) in [6.07, 6.45) is 0. The summed E-state index contributed by atoms with van der Waals surface area (Å²) in [4.78, 5) is 0. The molecule has 0 bridgehead atoms. The van der Waals surface area contributed by atoms with E-state index in [1.807, 2.05) is 0 Å². The van der Waals surface area contributed by atoms with Crippen molar-refractivity contribution in [2.75, 3.05) is 13.3 Å². The van der Waals surface area contributed by atoms with Crippen molar-refractivity contribution < 1.29 is 21.6 Å². The molecule has 0 saturated carbocycles. The zero-order chi connectivity index (χ0) is 8.04. The topological polar surface area (TPSA) is 44.8 Å². The van der Waals surface area contributed by atoms with Crippen LogP contribution in [0.1, 0.15) is 0 Å². The molecule has 0 radical (unpaired) electrons. The lowest BCUT2D eigenvalue weighted by atomic mass is 10.9. The molecule has 0 fully saturated rings. The maximum absolute atomic E-state index is 11.4. The van der Waals surface area contributed by atoms with Gasteiger partial charge in [-0.3, -0.25) is 4.52 Å². The van der Waals surface area contributed by atoms with E-state index < -0.39 is 21.1 Å². The zero-order valence-electron chi connectivity index (χ0n) is 4.63. The van der Waals surface area contributed by atoms with Gasteiger partial charge in [0.05, 0.1) is 30.3 Å². The van der Waals surface area contributed by atoms with E-state index in [4.69, 9.17) is 0 Å². The fraction of sp³-hybridized carbons (Fsp3) is 1.00. The molecule has 0 aliphatic rings. The van der Waals surface area contributed by atoms with Gasteiger partial charge in [0.25, 0.3) is 0 Å². The average Bonchev–Trinajstić information content (AvgIpc) is 2.00. The quantitative estimate of drug-likeness (QED) is 0.657. The summed E-state index contributed by atoms with van der Waals surface area (Å²) in [6, 6.07) is 0. The first-order valence-electron chi connectivity index (χ1n) is 2.09. The van der Waals surface area contributed by atoms with Crippen molar-refractivity contribution in [1.29, 1.82) is 0 Å². The monoisotopic (exact) mass is 212 g/mol. The van der Waals surface area contributed by atoms with Crippen LogP contribution in [0.3, 0.4) is 0 Å². The van der Waals surface area contributed by atoms with Crippen LogP contribution in [0.4, 0.5) is 4.39 Å². The second-order valence-electron chi connectivity index (χ2n) is 1.11. The van der Waals surface area contributed by atoms with Gasteiger partial charge >= 0.3 is 7.82 Å². The summed E-state index contributed by atoms with van der Waals surface area (Å²) in [7, 11) is -3.91. The molecule has 0 saturated heterocycles. The van der Waals surface area contributed by atoms with E-state index >= 15 is 0 Å². The summed E-state index contributed by atoms with van der Waals surface area (Å²) < 4.78 is 33.5. The Labute approximate surface area is 67.1 Å². The number of halogens is 3. The number of rotatable bonds is 5. The second kappa shape index (κ2) is 5.29. The van der Waals surface area contributed by atoms with Gasteiger partial charge in [-0.05, 0) is 0 Å². The van der Waals surface area contributed by atoms with E-state index in [1.165, 1.54) is 0 Å². The minimum absolute atomic E-state index is 0.448. The van der Waals surface area contributed by atoms with E-state index in [-0.39, 0.29) is 0 Å². The maximum Gasteiger partial charge on any atom is 0.507 e. The number of hydrogen-bond acceptors (Lipinski definition) is 4. The lowest BCUT2D eigenvalue weighted by Crippen LogP contribution is -1.94.